The topological polar surface area (TPSA) is 197 Å². The van der Waals surface area contributed by atoms with Crippen LogP contribution in [0.15, 0.2) is 0 Å². The fourth-order valence-electron chi connectivity index (χ4n) is 22.2. The maximum absolute atomic E-state index is 10.7. The number of rotatable bonds is 6. The molecule has 0 aromatic carbocycles. The predicted molar refractivity (Wildman–Crippen MR) is 288 cm³/mol. The van der Waals surface area contributed by atoms with E-state index >= 15 is 0 Å². The van der Waals surface area contributed by atoms with E-state index in [1.165, 1.54) is 128 Å². The number of nitrogens with zero attached hydrogens (tertiary/aromatic N) is 8. The largest absolute Gasteiger partial charge is 0.301 e. The molecule has 5 aliphatic heterocycles. The molecule has 20 unspecified atom stereocenters. The molecule has 5 saturated heterocycles. The third-order valence-electron chi connectivity index (χ3n) is 24.7. The van der Waals surface area contributed by atoms with Crippen LogP contribution in [-0.2, 0) is 0 Å². The normalized spacial score (nSPS) is 52.7. The first-order chi connectivity index (χ1) is 37.0. The molecule has 0 amide bonds. The van der Waals surface area contributed by atoms with Crippen LogP contribution in [0.5, 0.6) is 0 Å². The van der Waals surface area contributed by atoms with Gasteiger partial charge in [0.15, 0.2) is 0 Å². The van der Waals surface area contributed by atoms with Crippen LogP contribution in [-0.4, -0.2) is 95.1 Å². The highest BCUT2D eigenvalue weighted by atomic mass is 32.2. The predicted octanol–water partition coefficient (Wildman–Crippen LogP) is 9.06. The van der Waals surface area contributed by atoms with E-state index in [9.17, 15) is 31.6 Å². The fraction of sp³-hybridized carbons (Fsp3) is 0.903. The first-order valence-electron chi connectivity index (χ1n) is 31.5. The minimum Gasteiger partial charge on any atom is -0.301 e. The molecule has 402 valence electrons. The van der Waals surface area contributed by atoms with Gasteiger partial charge in [0.1, 0.15) is 0 Å². The van der Waals surface area contributed by atoms with Crippen molar-refractivity contribution in [1.82, 2.24) is 31.1 Å². The monoisotopic (exact) mass is 1030 g/mol. The molecule has 4 N–H and O–H groups in total. The zero-order valence-electron chi connectivity index (χ0n) is 45.0. The van der Waals surface area contributed by atoms with E-state index in [1.54, 1.807) is 0 Å². The molecular formula is C62H88N12S. The number of nitrogens with one attached hydrogen (secondary N) is 4. The number of thioether (sulfide) groups is 1. The van der Waals surface area contributed by atoms with E-state index in [1.807, 2.05) is 0 Å². The Labute approximate surface area is 454 Å². The zero-order valence-corrected chi connectivity index (χ0v) is 45.8. The maximum Gasteiger partial charge on any atom is 0.0659 e. The SMILES string of the molecule is N#CC1CC(C#N)C(C2CNC(C3C(C4NCC(C5C(C#N)CC(C#N)CC5C#N)CN4)C(N4C5CCCCC5C5CCCCC54)C4C5CCCCC5SC4C3N3C4CCCCC4C4CCCCC43)NC2)C(C#N)C1. The third-order valence-corrected chi connectivity index (χ3v) is 26.5. The molecule has 13 aliphatic rings. The Morgan fingerprint density at radius 1 is 0.347 bits per heavy atom. The van der Waals surface area contributed by atoms with Gasteiger partial charge in [0, 0.05) is 96.6 Å². The van der Waals surface area contributed by atoms with Crippen LogP contribution in [0, 0.1) is 175 Å². The van der Waals surface area contributed by atoms with Gasteiger partial charge in [-0.3, -0.25) is 9.80 Å². The van der Waals surface area contributed by atoms with Crippen LogP contribution in [0.3, 0.4) is 0 Å². The van der Waals surface area contributed by atoms with Gasteiger partial charge in [0.25, 0.3) is 0 Å². The smallest absolute Gasteiger partial charge is 0.0659 e. The molecule has 0 aromatic rings. The number of hydrogen-bond acceptors (Lipinski definition) is 13. The average molecular weight is 1030 g/mol. The molecule has 0 bridgehead atoms. The van der Waals surface area contributed by atoms with E-state index in [4.69, 9.17) is 0 Å². The molecule has 8 aliphatic carbocycles. The van der Waals surface area contributed by atoms with E-state index in [-0.39, 0.29) is 77.4 Å². The zero-order chi connectivity index (χ0) is 50.9. The Kier molecular flexibility index (Phi) is 15.1. The summed E-state index contributed by atoms with van der Waals surface area (Å²) in [5.74, 6) is 3.61. The van der Waals surface area contributed by atoms with Crippen LogP contribution in [0.4, 0.5) is 0 Å². The molecular weight excluding hydrogens is 945 g/mol. The standard InChI is InChI=1S/C62H88N12S/c63-25-35-21-37(27-65)53(38(22-35)28-66)41-31-69-61(70-32-41)56-57(62-71-33-42(34-72-62)54-39(29-67)23-36(26-64)24-40(54)30-68)59(74-50-18-8-3-13-45(50)46-14-4-9-19-51(46)74)60-55(47-15-5-10-20-52(47)75-60)58(56)73-48-16-6-1-11-43(48)44-12-2-7-17-49(44)73/h35-62,69-72H,1-24,31-34H2. The van der Waals surface area contributed by atoms with Crippen LogP contribution in [0.2, 0.25) is 0 Å². The Morgan fingerprint density at radius 3 is 1.05 bits per heavy atom. The van der Waals surface area contributed by atoms with Crippen molar-refractivity contribution in [2.75, 3.05) is 26.2 Å². The van der Waals surface area contributed by atoms with Gasteiger partial charge in [0.05, 0.1) is 72.4 Å². The van der Waals surface area contributed by atoms with Crippen molar-refractivity contribution in [3.63, 3.8) is 0 Å². The third kappa shape index (κ3) is 8.81. The summed E-state index contributed by atoms with van der Waals surface area (Å²) >= 11 is 2.50. The van der Waals surface area contributed by atoms with Gasteiger partial charge in [-0.2, -0.15) is 43.3 Å². The van der Waals surface area contributed by atoms with E-state index in [0.717, 1.165) is 55.8 Å². The van der Waals surface area contributed by atoms with E-state index in [0.29, 0.717) is 84.3 Å². The van der Waals surface area contributed by atoms with Gasteiger partial charge in [-0.1, -0.05) is 64.2 Å². The second-order valence-electron chi connectivity index (χ2n) is 27.6. The van der Waals surface area contributed by atoms with Gasteiger partial charge in [0.2, 0.25) is 0 Å². The molecule has 75 heavy (non-hydrogen) atoms. The van der Waals surface area contributed by atoms with E-state index in [2.05, 4.69) is 79.2 Å². The lowest BCUT2D eigenvalue weighted by atomic mass is 9.58. The van der Waals surface area contributed by atoms with Crippen molar-refractivity contribution in [2.24, 2.45) is 107 Å². The van der Waals surface area contributed by atoms with Crippen LogP contribution in [0.25, 0.3) is 0 Å². The first kappa shape index (κ1) is 51.5. The van der Waals surface area contributed by atoms with Crippen LogP contribution in [0.1, 0.15) is 154 Å². The van der Waals surface area contributed by atoms with Gasteiger partial charge in [-0.05, 0) is 149 Å². The number of fused-ring (bicyclic) bond motifs is 9. The Hall–Kier alpha value is -2.95. The average Bonchev–Trinajstić information content (AvgIpc) is 4.25. The molecule has 0 aromatic heterocycles. The lowest BCUT2D eigenvalue weighted by Crippen LogP contribution is -2.77. The van der Waals surface area contributed by atoms with Crippen molar-refractivity contribution < 1.29 is 0 Å². The van der Waals surface area contributed by atoms with Crippen molar-refractivity contribution >= 4 is 11.8 Å². The highest BCUT2D eigenvalue weighted by Crippen LogP contribution is 2.65. The van der Waals surface area contributed by atoms with Gasteiger partial charge < -0.3 is 21.3 Å². The second kappa shape index (κ2) is 21.9. The van der Waals surface area contributed by atoms with Gasteiger partial charge in [-0.25, -0.2) is 0 Å². The summed E-state index contributed by atoms with van der Waals surface area (Å²) in [5, 5.41) is 81.6. The van der Waals surface area contributed by atoms with Crippen molar-refractivity contribution in [2.45, 2.75) is 213 Å². The minimum absolute atomic E-state index is 0.0598. The van der Waals surface area contributed by atoms with Crippen LogP contribution < -0.4 is 21.3 Å². The molecule has 8 saturated carbocycles. The second-order valence-corrected chi connectivity index (χ2v) is 29.0. The minimum atomic E-state index is -0.297. The number of hydrogen-bond donors (Lipinski definition) is 4. The van der Waals surface area contributed by atoms with Gasteiger partial charge in [-0.15, -0.1) is 0 Å². The summed E-state index contributed by atoms with van der Waals surface area (Å²) in [6.45, 7) is 3.13. The van der Waals surface area contributed by atoms with Crippen molar-refractivity contribution in [3.05, 3.63) is 0 Å². The molecule has 20 atom stereocenters. The molecule has 13 rings (SSSR count). The molecule has 5 heterocycles. The summed E-state index contributed by atoms with van der Waals surface area (Å²) in [6, 6.07) is 18.9. The summed E-state index contributed by atoms with van der Waals surface area (Å²) < 4.78 is 0. The van der Waals surface area contributed by atoms with Crippen molar-refractivity contribution in [1.29, 1.82) is 31.6 Å². The molecule has 13 fully saturated rings. The van der Waals surface area contributed by atoms with Gasteiger partial charge >= 0.3 is 0 Å². The Bertz CT molecular complexity index is 2220. The summed E-state index contributed by atoms with van der Waals surface area (Å²) in [7, 11) is 0. The maximum atomic E-state index is 10.7. The number of nitriles is 6. The quantitative estimate of drug-likeness (QED) is 0.197. The molecule has 12 nitrogen and oxygen atoms in total. The highest BCUT2D eigenvalue weighted by molar-refractivity contribution is 8.00. The molecule has 0 radical (unpaired) electrons. The van der Waals surface area contributed by atoms with Crippen LogP contribution >= 0.6 is 11.8 Å². The summed E-state index contributed by atoms with van der Waals surface area (Å²) in [5.41, 5.74) is 0. The Balaban J connectivity index is 0.942. The fourth-order valence-corrected chi connectivity index (χ4v) is 24.4. The van der Waals surface area contributed by atoms with Crippen molar-refractivity contribution in [3.8, 4) is 36.4 Å². The molecule has 13 heteroatoms. The van der Waals surface area contributed by atoms with E-state index < -0.39 is 0 Å². The lowest BCUT2D eigenvalue weighted by molar-refractivity contribution is -0.114. The Morgan fingerprint density at radius 2 is 0.680 bits per heavy atom. The lowest BCUT2D eigenvalue weighted by Gasteiger charge is -2.63. The number of likely N-dealkylation sites (tertiary alicyclic amines) is 2. The molecule has 0 spiro atoms. The summed E-state index contributed by atoms with van der Waals surface area (Å²) in [6.07, 6.45) is 29.7. The first-order valence-corrected chi connectivity index (χ1v) is 32.4. The summed E-state index contributed by atoms with van der Waals surface area (Å²) in [4.78, 5) is 6.72. The highest BCUT2D eigenvalue weighted by Gasteiger charge is 2.69.